The first-order valence-electron chi connectivity index (χ1n) is 7.58. The molecule has 2 rings (SSSR count). The smallest absolute Gasteiger partial charge is 0.123 e. The molecule has 0 amide bonds. The Balaban J connectivity index is 1.98. The van der Waals surface area contributed by atoms with Crippen molar-refractivity contribution in [3.63, 3.8) is 0 Å². The van der Waals surface area contributed by atoms with Crippen LogP contribution in [0.25, 0.3) is 0 Å². The molecular formula is C17H24FN3. The van der Waals surface area contributed by atoms with E-state index in [-0.39, 0.29) is 5.82 Å². The maximum Gasteiger partial charge on any atom is 0.123 e. The Morgan fingerprint density at radius 2 is 1.90 bits per heavy atom. The molecule has 1 aromatic heterocycles. The zero-order valence-corrected chi connectivity index (χ0v) is 13.0. The minimum absolute atomic E-state index is 0.188. The lowest BCUT2D eigenvalue weighted by molar-refractivity contribution is 0.467. The minimum atomic E-state index is -0.188. The fourth-order valence-corrected chi connectivity index (χ4v) is 2.35. The molecule has 2 unspecified atom stereocenters. The fourth-order valence-electron chi connectivity index (χ4n) is 2.35. The molecule has 0 aliphatic rings. The molecule has 0 aliphatic heterocycles. The van der Waals surface area contributed by atoms with Gasteiger partial charge in [0.2, 0.25) is 0 Å². The van der Waals surface area contributed by atoms with Crippen LogP contribution < -0.4 is 5.32 Å². The summed E-state index contributed by atoms with van der Waals surface area (Å²) in [6, 6.07) is 9.54. The number of likely N-dealkylation sites (N-methyl/N-ethyl adjacent to an activating group) is 1. The summed E-state index contributed by atoms with van der Waals surface area (Å²) >= 11 is 0. The van der Waals surface area contributed by atoms with Crippen molar-refractivity contribution >= 4 is 0 Å². The second-order valence-electron chi connectivity index (χ2n) is 5.56. The summed E-state index contributed by atoms with van der Waals surface area (Å²) in [5.41, 5.74) is 2.23. The van der Waals surface area contributed by atoms with Crippen LogP contribution in [-0.2, 0) is 12.8 Å². The van der Waals surface area contributed by atoms with E-state index in [0.29, 0.717) is 12.1 Å². The van der Waals surface area contributed by atoms with Crippen molar-refractivity contribution in [2.75, 3.05) is 7.05 Å². The second-order valence-corrected chi connectivity index (χ2v) is 5.56. The van der Waals surface area contributed by atoms with E-state index < -0.39 is 0 Å². The third-order valence-corrected chi connectivity index (χ3v) is 3.97. The van der Waals surface area contributed by atoms with Gasteiger partial charge >= 0.3 is 0 Å². The summed E-state index contributed by atoms with van der Waals surface area (Å²) in [5, 5.41) is 7.96. The van der Waals surface area contributed by atoms with Crippen molar-refractivity contribution in [3.05, 3.63) is 53.6 Å². The summed E-state index contributed by atoms with van der Waals surface area (Å²) in [7, 11) is 1.96. The third-order valence-electron chi connectivity index (χ3n) is 3.97. The number of rotatable bonds is 7. The average Bonchev–Trinajstić information content (AvgIpc) is 2.96. The van der Waals surface area contributed by atoms with Crippen LogP contribution in [0.2, 0.25) is 0 Å². The predicted molar refractivity (Wildman–Crippen MR) is 83.9 cm³/mol. The van der Waals surface area contributed by atoms with Gasteiger partial charge in [-0.1, -0.05) is 19.1 Å². The summed E-state index contributed by atoms with van der Waals surface area (Å²) in [5.74, 6) is -0.188. The van der Waals surface area contributed by atoms with E-state index in [0.717, 1.165) is 30.5 Å². The molecule has 2 atom stereocenters. The van der Waals surface area contributed by atoms with Crippen LogP contribution in [0.1, 0.15) is 37.6 Å². The number of nitrogens with one attached hydrogen (secondary N) is 1. The first kappa shape index (κ1) is 15.7. The van der Waals surface area contributed by atoms with Crippen LogP contribution in [0.3, 0.4) is 0 Å². The van der Waals surface area contributed by atoms with Gasteiger partial charge in [-0.2, -0.15) is 5.10 Å². The molecule has 1 N–H and O–H groups in total. The highest BCUT2D eigenvalue weighted by atomic mass is 19.1. The number of hydrogen-bond acceptors (Lipinski definition) is 2. The normalized spacial score (nSPS) is 14.1. The van der Waals surface area contributed by atoms with Crippen LogP contribution in [0, 0.1) is 5.82 Å². The van der Waals surface area contributed by atoms with Crippen molar-refractivity contribution in [1.82, 2.24) is 15.1 Å². The number of nitrogens with zero attached hydrogens (tertiary/aromatic N) is 2. The van der Waals surface area contributed by atoms with E-state index in [4.69, 9.17) is 0 Å². The second kappa shape index (κ2) is 7.36. The first-order chi connectivity index (χ1) is 10.1. The molecule has 0 fully saturated rings. The van der Waals surface area contributed by atoms with Gasteiger partial charge in [-0.15, -0.1) is 0 Å². The molecule has 1 aromatic carbocycles. The van der Waals surface area contributed by atoms with Crippen LogP contribution >= 0.6 is 0 Å². The highest BCUT2D eigenvalue weighted by molar-refractivity contribution is 5.18. The molecular weight excluding hydrogens is 265 g/mol. The Bertz CT molecular complexity index is 547. The van der Waals surface area contributed by atoms with Gasteiger partial charge in [0.1, 0.15) is 5.82 Å². The van der Waals surface area contributed by atoms with E-state index in [9.17, 15) is 4.39 Å². The molecule has 1 heterocycles. The van der Waals surface area contributed by atoms with E-state index in [1.165, 1.54) is 12.1 Å². The SMILES string of the molecule is CCC(C)n1ccc(CC(Cc2ccc(F)cc2)NC)n1. The Morgan fingerprint density at radius 1 is 1.19 bits per heavy atom. The standard InChI is InChI=1S/C17H24FN3/c1-4-13(2)21-10-9-16(20-21)12-17(19-3)11-14-5-7-15(18)8-6-14/h5-10,13,17,19H,4,11-12H2,1-3H3. The third kappa shape index (κ3) is 4.39. The Hall–Kier alpha value is -1.68. The van der Waals surface area contributed by atoms with E-state index in [1.807, 2.05) is 30.1 Å². The fraction of sp³-hybridized carbons (Fsp3) is 0.471. The van der Waals surface area contributed by atoms with Gasteiger partial charge in [-0.25, -0.2) is 4.39 Å². The zero-order valence-electron chi connectivity index (χ0n) is 13.0. The summed E-state index contributed by atoms with van der Waals surface area (Å²) in [6.45, 7) is 4.34. The predicted octanol–water partition coefficient (Wildman–Crippen LogP) is 3.37. The van der Waals surface area contributed by atoms with Crippen molar-refractivity contribution in [3.8, 4) is 0 Å². The monoisotopic (exact) mass is 289 g/mol. The van der Waals surface area contributed by atoms with Gasteiger partial charge < -0.3 is 5.32 Å². The lowest BCUT2D eigenvalue weighted by Crippen LogP contribution is -2.30. The maximum absolute atomic E-state index is 12.9. The molecule has 0 saturated carbocycles. The first-order valence-corrected chi connectivity index (χ1v) is 7.58. The van der Waals surface area contributed by atoms with Crippen molar-refractivity contribution in [1.29, 1.82) is 0 Å². The number of benzene rings is 1. The molecule has 0 bridgehead atoms. The van der Waals surface area contributed by atoms with Crippen LogP contribution in [0.15, 0.2) is 36.5 Å². The van der Waals surface area contributed by atoms with Gasteiger partial charge in [0.15, 0.2) is 0 Å². The molecule has 0 radical (unpaired) electrons. The largest absolute Gasteiger partial charge is 0.316 e. The molecule has 0 aliphatic carbocycles. The molecule has 4 heteroatoms. The molecule has 0 spiro atoms. The Labute approximate surface area is 126 Å². The zero-order chi connectivity index (χ0) is 15.2. The topological polar surface area (TPSA) is 29.9 Å². The summed E-state index contributed by atoms with van der Waals surface area (Å²) in [4.78, 5) is 0. The quantitative estimate of drug-likeness (QED) is 0.847. The van der Waals surface area contributed by atoms with E-state index >= 15 is 0 Å². The van der Waals surface area contributed by atoms with Crippen molar-refractivity contribution < 1.29 is 4.39 Å². The number of aromatic nitrogens is 2. The lowest BCUT2D eigenvalue weighted by Gasteiger charge is -2.15. The van der Waals surface area contributed by atoms with Gasteiger partial charge in [0.05, 0.1) is 5.69 Å². The molecule has 3 nitrogen and oxygen atoms in total. The van der Waals surface area contributed by atoms with Crippen LogP contribution in [0.5, 0.6) is 0 Å². The number of halogens is 1. The molecule has 21 heavy (non-hydrogen) atoms. The van der Waals surface area contributed by atoms with E-state index in [2.05, 4.69) is 30.3 Å². The van der Waals surface area contributed by atoms with Gasteiger partial charge in [0.25, 0.3) is 0 Å². The maximum atomic E-state index is 12.9. The van der Waals surface area contributed by atoms with Crippen LogP contribution in [-0.4, -0.2) is 22.9 Å². The van der Waals surface area contributed by atoms with Gasteiger partial charge in [-0.05, 0) is 50.6 Å². The summed E-state index contributed by atoms with van der Waals surface area (Å²) in [6.07, 6.45) is 4.87. The molecule has 0 saturated heterocycles. The molecule has 114 valence electrons. The highest BCUT2D eigenvalue weighted by Gasteiger charge is 2.12. The Kier molecular flexibility index (Phi) is 5.51. The average molecular weight is 289 g/mol. The molecule has 2 aromatic rings. The van der Waals surface area contributed by atoms with Gasteiger partial charge in [0, 0.05) is 24.7 Å². The minimum Gasteiger partial charge on any atom is -0.316 e. The lowest BCUT2D eigenvalue weighted by atomic mass is 10.0. The summed E-state index contributed by atoms with van der Waals surface area (Å²) < 4.78 is 15.0. The van der Waals surface area contributed by atoms with Crippen molar-refractivity contribution in [2.24, 2.45) is 0 Å². The highest BCUT2D eigenvalue weighted by Crippen LogP contribution is 2.12. The van der Waals surface area contributed by atoms with Crippen LogP contribution in [0.4, 0.5) is 4.39 Å². The van der Waals surface area contributed by atoms with Crippen molar-refractivity contribution in [2.45, 2.75) is 45.2 Å². The Morgan fingerprint density at radius 3 is 2.52 bits per heavy atom. The van der Waals surface area contributed by atoms with E-state index in [1.54, 1.807) is 0 Å². The number of hydrogen-bond donors (Lipinski definition) is 1. The van der Waals surface area contributed by atoms with Gasteiger partial charge in [-0.3, -0.25) is 4.68 Å².